The Morgan fingerprint density at radius 2 is 2.04 bits per heavy atom. The Labute approximate surface area is 142 Å². The van der Waals surface area contributed by atoms with E-state index in [4.69, 9.17) is 0 Å². The van der Waals surface area contributed by atoms with Crippen molar-refractivity contribution in [2.75, 3.05) is 11.4 Å². The van der Waals surface area contributed by atoms with E-state index in [9.17, 15) is 9.59 Å². The Kier molecular flexibility index (Phi) is 4.42. The second kappa shape index (κ2) is 6.51. The van der Waals surface area contributed by atoms with E-state index in [1.54, 1.807) is 4.90 Å². The highest BCUT2D eigenvalue weighted by molar-refractivity contribution is 5.98. The molecule has 1 aliphatic heterocycles. The van der Waals surface area contributed by atoms with Gasteiger partial charge in [-0.3, -0.25) is 9.59 Å². The van der Waals surface area contributed by atoms with Gasteiger partial charge in [0.1, 0.15) is 5.69 Å². The molecule has 5 heteroatoms. The molecule has 1 aromatic carbocycles. The van der Waals surface area contributed by atoms with Gasteiger partial charge in [0, 0.05) is 30.9 Å². The Morgan fingerprint density at radius 3 is 2.75 bits per heavy atom. The van der Waals surface area contributed by atoms with Gasteiger partial charge in [0.2, 0.25) is 5.91 Å². The molecule has 0 aliphatic carbocycles. The molecule has 0 bridgehead atoms. The van der Waals surface area contributed by atoms with E-state index in [0.29, 0.717) is 18.7 Å². The molecule has 0 saturated carbocycles. The van der Waals surface area contributed by atoms with Crippen LogP contribution >= 0.6 is 0 Å². The van der Waals surface area contributed by atoms with Crippen LogP contribution in [0.15, 0.2) is 42.6 Å². The van der Waals surface area contributed by atoms with Crippen molar-refractivity contribution in [1.82, 2.24) is 9.88 Å². The van der Waals surface area contributed by atoms with E-state index in [2.05, 4.69) is 5.32 Å². The van der Waals surface area contributed by atoms with Gasteiger partial charge in [-0.2, -0.15) is 0 Å². The van der Waals surface area contributed by atoms with Crippen LogP contribution < -0.4 is 10.2 Å². The van der Waals surface area contributed by atoms with Gasteiger partial charge in [-0.1, -0.05) is 12.1 Å². The first-order valence-electron chi connectivity index (χ1n) is 8.30. The number of hydrogen-bond donors (Lipinski definition) is 1. The number of amides is 2. The number of nitrogens with one attached hydrogen (secondary N) is 1. The molecule has 0 radical (unpaired) electrons. The monoisotopic (exact) mass is 325 g/mol. The van der Waals surface area contributed by atoms with Gasteiger partial charge < -0.3 is 14.8 Å². The van der Waals surface area contributed by atoms with Gasteiger partial charge >= 0.3 is 0 Å². The number of carbonyl (C=O) groups excluding carboxylic acids is 2. The van der Waals surface area contributed by atoms with Gasteiger partial charge in [-0.15, -0.1) is 0 Å². The molecule has 1 aromatic heterocycles. The topological polar surface area (TPSA) is 54.3 Å². The summed E-state index contributed by atoms with van der Waals surface area (Å²) in [5.74, 6) is -0.0808. The Balaban J connectivity index is 1.70. The van der Waals surface area contributed by atoms with Gasteiger partial charge in [-0.25, -0.2) is 0 Å². The number of aryl methyl sites for hydroxylation is 1. The third kappa shape index (κ3) is 3.20. The first-order chi connectivity index (χ1) is 11.5. The summed E-state index contributed by atoms with van der Waals surface area (Å²) in [5.41, 5.74) is 2.64. The molecule has 1 saturated heterocycles. The Hall–Kier alpha value is -2.56. The minimum absolute atomic E-state index is 0.0464. The van der Waals surface area contributed by atoms with Crippen molar-refractivity contribution in [3.63, 3.8) is 0 Å². The number of benzene rings is 1. The molecule has 0 spiro atoms. The summed E-state index contributed by atoms with van der Waals surface area (Å²) in [7, 11) is 0. The second-order valence-corrected chi connectivity index (χ2v) is 6.61. The summed E-state index contributed by atoms with van der Waals surface area (Å²) < 4.78 is 1.93. The molecule has 0 unspecified atom stereocenters. The highest BCUT2D eigenvalue weighted by Crippen LogP contribution is 2.23. The lowest BCUT2D eigenvalue weighted by molar-refractivity contribution is -0.117. The van der Waals surface area contributed by atoms with Crippen molar-refractivity contribution < 1.29 is 9.59 Å². The third-order valence-electron chi connectivity index (χ3n) is 4.34. The first-order valence-corrected chi connectivity index (χ1v) is 8.30. The zero-order valence-corrected chi connectivity index (χ0v) is 14.3. The zero-order valence-electron chi connectivity index (χ0n) is 14.3. The third-order valence-corrected chi connectivity index (χ3v) is 4.34. The standard InChI is InChI=1S/C19H23N3O2/c1-13(2)21-9-5-8-17(21)19(24)20-15-11-18(23)22(12-15)16-7-4-6-14(3)10-16/h4-10,13,15H,11-12H2,1-3H3,(H,20,24)/t15-/m0/s1. The maximum atomic E-state index is 12.5. The number of aromatic nitrogens is 1. The van der Waals surface area contributed by atoms with E-state index in [1.807, 2.05) is 67.9 Å². The first kappa shape index (κ1) is 16.3. The Morgan fingerprint density at radius 1 is 1.25 bits per heavy atom. The van der Waals surface area contributed by atoms with E-state index < -0.39 is 0 Å². The zero-order chi connectivity index (χ0) is 17.3. The largest absolute Gasteiger partial charge is 0.346 e. The number of hydrogen-bond acceptors (Lipinski definition) is 2. The lowest BCUT2D eigenvalue weighted by Crippen LogP contribution is -2.38. The van der Waals surface area contributed by atoms with E-state index in [0.717, 1.165) is 11.3 Å². The van der Waals surface area contributed by atoms with E-state index in [-0.39, 0.29) is 23.9 Å². The quantitative estimate of drug-likeness (QED) is 0.940. The van der Waals surface area contributed by atoms with Crippen molar-refractivity contribution in [2.45, 2.75) is 39.3 Å². The number of nitrogens with zero attached hydrogens (tertiary/aromatic N) is 2. The molecule has 2 amide bonds. The molecule has 1 atom stereocenters. The average molecular weight is 325 g/mol. The highest BCUT2D eigenvalue weighted by atomic mass is 16.2. The fourth-order valence-corrected chi connectivity index (χ4v) is 3.15. The van der Waals surface area contributed by atoms with Crippen LogP contribution in [0.4, 0.5) is 5.69 Å². The molecular formula is C19H23N3O2. The average Bonchev–Trinajstić information content (AvgIpc) is 3.14. The van der Waals surface area contributed by atoms with Crippen molar-refractivity contribution in [3.8, 4) is 0 Å². The molecule has 1 N–H and O–H groups in total. The molecule has 126 valence electrons. The van der Waals surface area contributed by atoms with Crippen LogP contribution in [-0.2, 0) is 4.79 Å². The normalized spacial score (nSPS) is 17.6. The maximum absolute atomic E-state index is 12.5. The SMILES string of the molecule is Cc1cccc(N2C[C@@H](NC(=O)c3cccn3C(C)C)CC2=O)c1. The number of anilines is 1. The van der Waals surface area contributed by atoms with Crippen molar-refractivity contribution in [2.24, 2.45) is 0 Å². The molecular weight excluding hydrogens is 302 g/mol. The molecule has 3 rings (SSSR count). The van der Waals surface area contributed by atoms with Gasteiger partial charge in [0.25, 0.3) is 5.91 Å². The van der Waals surface area contributed by atoms with Crippen molar-refractivity contribution >= 4 is 17.5 Å². The molecule has 2 aromatic rings. The van der Waals surface area contributed by atoms with Gasteiger partial charge in [-0.05, 0) is 50.6 Å². The lowest BCUT2D eigenvalue weighted by atomic mass is 10.2. The van der Waals surface area contributed by atoms with Crippen LogP contribution in [0.2, 0.25) is 0 Å². The van der Waals surface area contributed by atoms with Gasteiger partial charge in [0.05, 0.1) is 6.04 Å². The van der Waals surface area contributed by atoms with E-state index in [1.165, 1.54) is 0 Å². The lowest BCUT2D eigenvalue weighted by Gasteiger charge is -2.18. The minimum Gasteiger partial charge on any atom is -0.346 e. The second-order valence-electron chi connectivity index (χ2n) is 6.61. The van der Waals surface area contributed by atoms with Crippen LogP contribution in [0.1, 0.15) is 42.4 Å². The number of carbonyl (C=O) groups is 2. The Bertz CT molecular complexity index is 763. The fraction of sp³-hybridized carbons (Fsp3) is 0.368. The van der Waals surface area contributed by atoms with Crippen LogP contribution in [0.25, 0.3) is 0 Å². The van der Waals surface area contributed by atoms with Crippen molar-refractivity contribution in [3.05, 3.63) is 53.9 Å². The predicted octanol–water partition coefficient (Wildman–Crippen LogP) is 2.91. The van der Waals surface area contributed by atoms with Crippen LogP contribution in [-0.4, -0.2) is 29.0 Å². The summed E-state index contributed by atoms with van der Waals surface area (Å²) >= 11 is 0. The minimum atomic E-state index is -0.166. The summed E-state index contributed by atoms with van der Waals surface area (Å²) in [6.07, 6.45) is 2.24. The van der Waals surface area contributed by atoms with E-state index >= 15 is 0 Å². The predicted molar refractivity (Wildman–Crippen MR) is 94.2 cm³/mol. The van der Waals surface area contributed by atoms with Gasteiger partial charge in [0.15, 0.2) is 0 Å². The van der Waals surface area contributed by atoms with Crippen LogP contribution in [0, 0.1) is 6.92 Å². The van der Waals surface area contributed by atoms with Crippen LogP contribution in [0.3, 0.4) is 0 Å². The van der Waals surface area contributed by atoms with Crippen molar-refractivity contribution in [1.29, 1.82) is 0 Å². The fourth-order valence-electron chi connectivity index (χ4n) is 3.15. The summed E-state index contributed by atoms with van der Waals surface area (Å²) in [4.78, 5) is 26.6. The molecule has 1 fully saturated rings. The maximum Gasteiger partial charge on any atom is 0.268 e. The molecule has 24 heavy (non-hydrogen) atoms. The summed E-state index contributed by atoms with van der Waals surface area (Å²) in [5, 5.41) is 3.00. The molecule has 2 heterocycles. The van der Waals surface area contributed by atoms with Crippen LogP contribution in [0.5, 0.6) is 0 Å². The highest BCUT2D eigenvalue weighted by Gasteiger charge is 2.32. The molecule has 1 aliphatic rings. The summed E-state index contributed by atoms with van der Waals surface area (Å²) in [6.45, 7) is 6.59. The molecule has 5 nitrogen and oxygen atoms in total. The summed E-state index contributed by atoms with van der Waals surface area (Å²) in [6, 6.07) is 11.6. The smallest absolute Gasteiger partial charge is 0.268 e. The number of rotatable bonds is 4.